The summed E-state index contributed by atoms with van der Waals surface area (Å²) in [6.07, 6.45) is 6.98. The van der Waals surface area contributed by atoms with E-state index in [9.17, 15) is 4.79 Å². The topological polar surface area (TPSA) is 41.1 Å². The molecular weight excluding hydrogens is 260 g/mol. The lowest BCUT2D eigenvalue weighted by atomic mass is 9.93. The molecule has 0 radical (unpaired) electrons. The molecule has 1 amide bonds. The van der Waals surface area contributed by atoms with Crippen molar-refractivity contribution >= 4 is 5.91 Å². The van der Waals surface area contributed by atoms with Gasteiger partial charge in [-0.15, -0.1) is 0 Å². The lowest BCUT2D eigenvalue weighted by Crippen LogP contribution is -2.32. The molecule has 3 heteroatoms. The van der Waals surface area contributed by atoms with E-state index in [1.165, 1.54) is 30.4 Å². The highest BCUT2D eigenvalue weighted by Crippen LogP contribution is 2.24. The van der Waals surface area contributed by atoms with Gasteiger partial charge in [-0.2, -0.15) is 0 Å². The Bertz CT molecular complexity index is 470. The van der Waals surface area contributed by atoms with E-state index in [0.717, 1.165) is 37.9 Å². The second-order valence-corrected chi connectivity index (χ2v) is 5.92. The molecule has 0 aromatic heterocycles. The van der Waals surface area contributed by atoms with Gasteiger partial charge in [-0.1, -0.05) is 45.2 Å². The number of fused-ring (bicyclic) bond motifs is 1. The highest BCUT2D eigenvalue weighted by atomic mass is 16.1. The van der Waals surface area contributed by atoms with Crippen molar-refractivity contribution in [2.24, 2.45) is 0 Å². The molecule has 1 heterocycles. The number of amides is 1. The molecule has 1 aromatic rings. The third kappa shape index (κ3) is 4.31. The molecule has 2 N–H and O–H groups in total. The molecule has 2 rings (SSSR count). The number of unbranched alkanes of at least 4 members (excludes halogenated alkanes) is 2. The second-order valence-electron chi connectivity index (χ2n) is 5.92. The lowest BCUT2D eigenvalue weighted by molar-refractivity contribution is 0.0946. The number of hydrogen-bond donors (Lipinski definition) is 2. The monoisotopic (exact) mass is 288 g/mol. The van der Waals surface area contributed by atoms with Crippen molar-refractivity contribution in [3.63, 3.8) is 0 Å². The Balaban J connectivity index is 2.14. The van der Waals surface area contributed by atoms with Gasteiger partial charge in [0.05, 0.1) is 0 Å². The van der Waals surface area contributed by atoms with Gasteiger partial charge in [0, 0.05) is 18.2 Å². The van der Waals surface area contributed by atoms with Crippen LogP contribution in [-0.4, -0.2) is 19.0 Å². The maximum Gasteiger partial charge on any atom is 0.251 e. The quantitative estimate of drug-likeness (QED) is 0.718. The molecule has 0 spiro atoms. The molecule has 1 aliphatic heterocycles. The highest BCUT2D eigenvalue weighted by Gasteiger charge is 2.19. The molecule has 1 unspecified atom stereocenters. The van der Waals surface area contributed by atoms with Crippen molar-refractivity contribution in [3.05, 3.63) is 34.9 Å². The first kappa shape index (κ1) is 16.0. The first-order valence-electron chi connectivity index (χ1n) is 8.40. The van der Waals surface area contributed by atoms with Gasteiger partial charge in [0.2, 0.25) is 0 Å². The maximum atomic E-state index is 12.0. The Morgan fingerprint density at radius 3 is 2.86 bits per heavy atom. The van der Waals surface area contributed by atoms with Crippen molar-refractivity contribution in [1.82, 2.24) is 10.6 Å². The molecular formula is C18H28N2O. The van der Waals surface area contributed by atoms with Gasteiger partial charge in [0.25, 0.3) is 5.91 Å². The Labute approximate surface area is 128 Å². The first-order valence-corrected chi connectivity index (χ1v) is 8.40. The third-order valence-corrected chi connectivity index (χ3v) is 4.20. The molecule has 1 aliphatic rings. The van der Waals surface area contributed by atoms with Crippen molar-refractivity contribution in [2.45, 2.75) is 58.4 Å². The minimum atomic E-state index is 0.0842. The summed E-state index contributed by atoms with van der Waals surface area (Å²) in [6.45, 7) is 6.22. The lowest BCUT2D eigenvalue weighted by Gasteiger charge is -2.22. The zero-order valence-electron chi connectivity index (χ0n) is 13.4. The number of hydrogen-bond acceptors (Lipinski definition) is 2. The molecule has 0 saturated carbocycles. The Kier molecular flexibility index (Phi) is 6.24. The molecule has 116 valence electrons. The van der Waals surface area contributed by atoms with Gasteiger partial charge in [-0.3, -0.25) is 4.79 Å². The summed E-state index contributed by atoms with van der Waals surface area (Å²) in [5.74, 6) is 0.0842. The molecule has 0 fully saturated rings. The molecule has 1 aromatic carbocycles. The molecule has 1 atom stereocenters. The third-order valence-electron chi connectivity index (χ3n) is 4.20. The Hall–Kier alpha value is -1.35. The fourth-order valence-corrected chi connectivity index (χ4v) is 2.95. The number of nitrogens with one attached hydrogen (secondary N) is 2. The van der Waals surface area contributed by atoms with Crippen LogP contribution < -0.4 is 10.6 Å². The van der Waals surface area contributed by atoms with Gasteiger partial charge in [-0.25, -0.2) is 0 Å². The summed E-state index contributed by atoms with van der Waals surface area (Å²) < 4.78 is 0. The van der Waals surface area contributed by atoms with Crippen LogP contribution in [0.5, 0.6) is 0 Å². The van der Waals surface area contributed by atoms with E-state index in [1.54, 1.807) is 0 Å². The summed E-state index contributed by atoms with van der Waals surface area (Å²) in [5.41, 5.74) is 3.32. The van der Waals surface area contributed by atoms with Crippen LogP contribution in [0.25, 0.3) is 0 Å². The number of benzene rings is 1. The Morgan fingerprint density at radius 2 is 2.10 bits per heavy atom. The van der Waals surface area contributed by atoms with Crippen LogP contribution in [0.4, 0.5) is 0 Å². The van der Waals surface area contributed by atoms with E-state index in [0.29, 0.717) is 6.04 Å². The van der Waals surface area contributed by atoms with Crippen LogP contribution in [0.15, 0.2) is 18.2 Å². The van der Waals surface area contributed by atoms with Crippen LogP contribution >= 0.6 is 0 Å². The SMILES string of the molecule is CCCCCC(NCCC)c1ccc2c(c1)C(=O)NCC2. The van der Waals surface area contributed by atoms with Crippen molar-refractivity contribution in [2.75, 3.05) is 13.1 Å². The van der Waals surface area contributed by atoms with Crippen molar-refractivity contribution < 1.29 is 4.79 Å². The van der Waals surface area contributed by atoms with Crippen LogP contribution in [-0.2, 0) is 6.42 Å². The van der Waals surface area contributed by atoms with E-state index >= 15 is 0 Å². The highest BCUT2D eigenvalue weighted by molar-refractivity contribution is 5.96. The number of carbonyl (C=O) groups excluding carboxylic acids is 1. The summed E-state index contributed by atoms with van der Waals surface area (Å²) in [6, 6.07) is 6.82. The standard InChI is InChI=1S/C18H28N2O/c1-3-5-6-7-17(19-11-4-2)15-9-8-14-10-12-20-18(21)16(14)13-15/h8-9,13,17,19H,3-7,10-12H2,1-2H3,(H,20,21). The average molecular weight is 288 g/mol. The maximum absolute atomic E-state index is 12.0. The fraction of sp³-hybridized carbons (Fsp3) is 0.611. The number of rotatable bonds is 8. The number of carbonyl (C=O) groups is 1. The van der Waals surface area contributed by atoms with E-state index in [1.807, 2.05) is 0 Å². The second kappa shape index (κ2) is 8.18. The average Bonchev–Trinajstić information content (AvgIpc) is 2.51. The van der Waals surface area contributed by atoms with Crippen LogP contribution in [0.3, 0.4) is 0 Å². The molecule has 0 aliphatic carbocycles. The molecule has 21 heavy (non-hydrogen) atoms. The zero-order chi connectivity index (χ0) is 15.1. The van der Waals surface area contributed by atoms with Crippen LogP contribution in [0.1, 0.15) is 73.5 Å². The van der Waals surface area contributed by atoms with Crippen LogP contribution in [0, 0.1) is 0 Å². The summed E-state index contributed by atoms with van der Waals surface area (Å²) in [4.78, 5) is 12.0. The predicted octanol–water partition coefficient (Wildman–Crippen LogP) is 3.59. The summed E-state index contributed by atoms with van der Waals surface area (Å²) >= 11 is 0. The van der Waals surface area contributed by atoms with Crippen molar-refractivity contribution in [3.8, 4) is 0 Å². The van der Waals surface area contributed by atoms with Gasteiger partial charge >= 0.3 is 0 Å². The fourth-order valence-electron chi connectivity index (χ4n) is 2.95. The van der Waals surface area contributed by atoms with E-state index < -0.39 is 0 Å². The first-order chi connectivity index (χ1) is 10.3. The van der Waals surface area contributed by atoms with E-state index in [-0.39, 0.29) is 5.91 Å². The predicted molar refractivity (Wildman–Crippen MR) is 87.7 cm³/mol. The largest absolute Gasteiger partial charge is 0.352 e. The van der Waals surface area contributed by atoms with E-state index in [4.69, 9.17) is 0 Å². The van der Waals surface area contributed by atoms with Gasteiger partial charge in [0.1, 0.15) is 0 Å². The van der Waals surface area contributed by atoms with Crippen molar-refractivity contribution in [1.29, 1.82) is 0 Å². The molecule has 0 saturated heterocycles. The van der Waals surface area contributed by atoms with Crippen LogP contribution in [0.2, 0.25) is 0 Å². The van der Waals surface area contributed by atoms with Gasteiger partial charge in [-0.05, 0) is 43.0 Å². The van der Waals surface area contributed by atoms with E-state index in [2.05, 4.69) is 42.7 Å². The van der Waals surface area contributed by atoms with Gasteiger partial charge < -0.3 is 10.6 Å². The normalized spacial score (nSPS) is 15.4. The summed E-state index contributed by atoms with van der Waals surface area (Å²) in [5, 5.41) is 6.58. The molecule has 0 bridgehead atoms. The summed E-state index contributed by atoms with van der Waals surface area (Å²) in [7, 11) is 0. The zero-order valence-corrected chi connectivity index (χ0v) is 13.4. The molecule has 3 nitrogen and oxygen atoms in total. The van der Waals surface area contributed by atoms with Gasteiger partial charge in [0.15, 0.2) is 0 Å². The minimum absolute atomic E-state index is 0.0842. The minimum Gasteiger partial charge on any atom is -0.352 e. The Morgan fingerprint density at radius 1 is 1.24 bits per heavy atom. The smallest absolute Gasteiger partial charge is 0.251 e.